The maximum atomic E-state index is 12.2. The lowest BCUT2D eigenvalue weighted by Crippen LogP contribution is -2.46. The molecule has 0 radical (unpaired) electrons. The summed E-state index contributed by atoms with van der Waals surface area (Å²) in [7, 11) is 0. The molecule has 1 N–H and O–H groups in total. The summed E-state index contributed by atoms with van der Waals surface area (Å²) >= 11 is 0. The monoisotopic (exact) mass is 350 g/mol. The summed E-state index contributed by atoms with van der Waals surface area (Å²) in [6, 6.07) is 1.71. The van der Waals surface area contributed by atoms with E-state index in [2.05, 4.69) is 10.4 Å². The van der Waals surface area contributed by atoms with Gasteiger partial charge in [-0.3, -0.25) is 19.6 Å². The van der Waals surface area contributed by atoms with Crippen LogP contribution in [0.3, 0.4) is 0 Å². The summed E-state index contributed by atoms with van der Waals surface area (Å²) < 4.78 is 12.8. The molecule has 0 aliphatic carbocycles. The SMILES string of the molecule is CC(C)(C)OC(=O)N1CCn2nc(OC3CCC(=O)NC3=O)cc2C1. The molecule has 1 fully saturated rings. The van der Waals surface area contributed by atoms with Gasteiger partial charge in [0, 0.05) is 25.5 Å². The third kappa shape index (κ3) is 4.09. The van der Waals surface area contributed by atoms with Crippen molar-refractivity contribution in [3.8, 4) is 5.88 Å². The van der Waals surface area contributed by atoms with Crippen molar-refractivity contribution in [1.82, 2.24) is 20.0 Å². The first-order valence-electron chi connectivity index (χ1n) is 8.26. The molecule has 1 atom stereocenters. The van der Waals surface area contributed by atoms with Gasteiger partial charge in [-0.15, -0.1) is 5.10 Å². The number of aromatic nitrogens is 2. The molecule has 0 bridgehead atoms. The second-order valence-corrected chi connectivity index (χ2v) is 7.16. The van der Waals surface area contributed by atoms with E-state index in [1.54, 1.807) is 15.6 Å². The first-order valence-corrected chi connectivity index (χ1v) is 8.26. The molecule has 2 aliphatic heterocycles. The number of imide groups is 1. The predicted molar refractivity (Wildman–Crippen MR) is 85.7 cm³/mol. The Kier molecular flexibility index (Phi) is 4.40. The van der Waals surface area contributed by atoms with E-state index in [4.69, 9.17) is 9.47 Å². The minimum absolute atomic E-state index is 0.246. The van der Waals surface area contributed by atoms with Gasteiger partial charge in [-0.25, -0.2) is 4.79 Å². The van der Waals surface area contributed by atoms with Gasteiger partial charge in [0.1, 0.15) is 5.60 Å². The van der Waals surface area contributed by atoms with Crippen LogP contribution in [-0.2, 0) is 27.4 Å². The summed E-state index contributed by atoms with van der Waals surface area (Å²) in [5.74, 6) is -0.421. The largest absolute Gasteiger partial charge is 0.463 e. The van der Waals surface area contributed by atoms with E-state index in [1.165, 1.54) is 0 Å². The maximum absolute atomic E-state index is 12.2. The molecule has 0 aromatic carbocycles. The Morgan fingerprint density at radius 2 is 2.08 bits per heavy atom. The van der Waals surface area contributed by atoms with Crippen LogP contribution in [0.2, 0.25) is 0 Å². The van der Waals surface area contributed by atoms with Crippen LogP contribution in [0.4, 0.5) is 4.79 Å². The number of rotatable bonds is 2. The van der Waals surface area contributed by atoms with E-state index in [9.17, 15) is 14.4 Å². The molecular weight excluding hydrogens is 328 g/mol. The van der Waals surface area contributed by atoms with E-state index >= 15 is 0 Å². The summed E-state index contributed by atoms with van der Waals surface area (Å²) in [5, 5.41) is 6.57. The predicted octanol–water partition coefficient (Wildman–Crippen LogP) is 0.818. The smallest absolute Gasteiger partial charge is 0.410 e. The van der Waals surface area contributed by atoms with Crippen LogP contribution in [0.15, 0.2) is 6.07 Å². The van der Waals surface area contributed by atoms with Crippen LogP contribution < -0.4 is 10.1 Å². The zero-order valence-corrected chi connectivity index (χ0v) is 14.6. The topological polar surface area (TPSA) is 103 Å². The van der Waals surface area contributed by atoms with Crippen molar-refractivity contribution in [2.75, 3.05) is 6.54 Å². The molecule has 1 unspecified atom stereocenters. The molecule has 2 aliphatic rings. The van der Waals surface area contributed by atoms with Gasteiger partial charge in [-0.05, 0) is 20.8 Å². The first-order chi connectivity index (χ1) is 11.7. The van der Waals surface area contributed by atoms with Crippen molar-refractivity contribution in [2.24, 2.45) is 0 Å². The Bertz CT molecular complexity index is 706. The number of nitrogens with zero attached hydrogens (tertiary/aromatic N) is 3. The zero-order valence-electron chi connectivity index (χ0n) is 14.6. The van der Waals surface area contributed by atoms with Crippen molar-refractivity contribution < 1.29 is 23.9 Å². The highest BCUT2D eigenvalue weighted by Gasteiger charge is 2.31. The van der Waals surface area contributed by atoms with Gasteiger partial charge in [0.05, 0.1) is 18.8 Å². The molecule has 25 heavy (non-hydrogen) atoms. The molecule has 136 valence electrons. The minimum Gasteiger partial charge on any atom is -0.463 e. The van der Waals surface area contributed by atoms with Crippen LogP contribution in [0.1, 0.15) is 39.3 Å². The quantitative estimate of drug-likeness (QED) is 0.792. The molecule has 9 heteroatoms. The second kappa shape index (κ2) is 6.38. The van der Waals surface area contributed by atoms with Crippen LogP contribution in [0.25, 0.3) is 0 Å². The summed E-state index contributed by atoms with van der Waals surface area (Å²) in [4.78, 5) is 36.7. The van der Waals surface area contributed by atoms with E-state index in [0.29, 0.717) is 31.9 Å². The Balaban J connectivity index is 1.64. The zero-order chi connectivity index (χ0) is 18.2. The fourth-order valence-corrected chi connectivity index (χ4v) is 2.71. The average Bonchev–Trinajstić information content (AvgIpc) is 2.89. The third-order valence-corrected chi connectivity index (χ3v) is 3.88. The number of fused-ring (bicyclic) bond motifs is 1. The molecule has 0 saturated carbocycles. The van der Waals surface area contributed by atoms with E-state index in [-0.39, 0.29) is 18.4 Å². The fourth-order valence-electron chi connectivity index (χ4n) is 2.71. The lowest BCUT2D eigenvalue weighted by molar-refractivity contribution is -0.139. The standard InChI is InChI=1S/C16H22N4O5/c1-16(2,3)25-15(23)19-6-7-20-10(9-19)8-13(18-20)24-11-4-5-12(21)17-14(11)22/h8,11H,4-7,9H2,1-3H3,(H,17,21,22). The molecule has 1 aromatic heterocycles. The lowest BCUT2D eigenvalue weighted by atomic mass is 10.1. The van der Waals surface area contributed by atoms with Crippen LogP contribution in [0.5, 0.6) is 5.88 Å². The molecule has 1 aromatic rings. The number of carbonyl (C=O) groups excluding carboxylic acids is 3. The fraction of sp³-hybridized carbons (Fsp3) is 0.625. The van der Waals surface area contributed by atoms with E-state index in [0.717, 1.165) is 5.69 Å². The normalized spacial score (nSPS) is 20.8. The molecule has 3 heterocycles. The number of carbonyl (C=O) groups is 3. The van der Waals surface area contributed by atoms with E-state index in [1.807, 2.05) is 20.8 Å². The third-order valence-electron chi connectivity index (χ3n) is 3.88. The Hall–Kier alpha value is -2.58. The number of nitrogens with one attached hydrogen (secondary N) is 1. The Labute approximate surface area is 145 Å². The van der Waals surface area contributed by atoms with Gasteiger partial charge in [-0.1, -0.05) is 0 Å². The molecule has 1 saturated heterocycles. The highest BCUT2D eigenvalue weighted by Crippen LogP contribution is 2.22. The maximum Gasteiger partial charge on any atom is 0.410 e. The van der Waals surface area contributed by atoms with E-state index < -0.39 is 17.6 Å². The van der Waals surface area contributed by atoms with Gasteiger partial charge >= 0.3 is 6.09 Å². The van der Waals surface area contributed by atoms with Crippen molar-refractivity contribution in [1.29, 1.82) is 0 Å². The molecule has 9 nitrogen and oxygen atoms in total. The summed E-state index contributed by atoms with van der Waals surface area (Å²) in [5.41, 5.74) is 0.258. The van der Waals surface area contributed by atoms with Crippen LogP contribution >= 0.6 is 0 Å². The van der Waals surface area contributed by atoms with Crippen molar-refractivity contribution >= 4 is 17.9 Å². The molecular formula is C16H22N4O5. The van der Waals surface area contributed by atoms with Crippen molar-refractivity contribution in [2.45, 2.75) is 58.4 Å². The number of amides is 3. The average molecular weight is 350 g/mol. The minimum atomic E-state index is -0.725. The van der Waals surface area contributed by atoms with Crippen LogP contribution in [-0.4, -0.2) is 50.8 Å². The van der Waals surface area contributed by atoms with Crippen molar-refractivity contribution in [3.63, 3.8) is 0 Å². The number of ether oxygens (including phenoxy) is 2. The van der Waals surface area contributed by atoms with Crippen LogP contribution in [0, 0.1) is 0 Å². The number of hydrogen-bond acceptors (Lipinski definition) is 6. The molecule has 0 spiro atoms. The first kappa shape index (κ1) is 17.2. The molecule has 3 rings (SSSR count). The lowest BCUT2D eigenvalue weighted by Gasteiger charge is -2.30. The van der Waals surface area contributed by atoms with Gasteiger partial charge < -0.3 is 14.4 Å². The highest BCUT2D eigenvalue weighted by molar-refractivity contribution is 5.99. The Morgan fingerprint density at radius 1 is 1.32 bits per heavy atom. The molecule has 3 amide bonds. The van der Waals surface area contributed by atoms with Gasteiger partial charge in [0.2, 0.25) is 11.8 Å². The second-order valence-electron chi connectivity index (χ2n) is 7.16. The van der Waals surface area contributed by atoms with Gasteiger partial charge in [0.25, 0.3) is 5.91 Å². The number of hydrogen-bond donors (Lipinski definition) is 1. The Morgan fingerprint density at radius 3 is 2.76 bits per heavy atom. The van der Waals surface area contributed by atoms with Crippen molar-refractivity contribution in [3.05, 3.63) is 11.8 Å². The summed E-state index contributed by atoms with van der Waals surface area (Å²) in [6.45, 7) is 6.84. The van der Waals surface area contributed by atoms with Gasteiger partial charge in [-0.2, -0.15) is 0 Å². The van der Waals surface area contributed by atoms with Gasteiger partial charge in [0.15, 0.2) is 6.10 Å². The number of piperidine rings is 1. The highest BCUT2D eigenvalue weighted by atomic mass is 16.6. The summed E-state index contributed by atoms with van der Waals surface area (Å²) in [6.07, 6.45) is -0.517.